The molecule has 38 heavy (non-hydrogen) atoms. The number of halogens is 4. The van der Waals surface area contributed by atoms with Gasteiger partial charge < -0.3 is 4.90 Å². The summed E-state index contributed by atoms with van der Waals surface area (Å²) < 4.78 is 56.4. The summed E-state index contributed by atoms with van der Waals surface area (Å²) in [5.74, 6) is 0.233. The zero-order valence-electron chi connectivity index (χ0n) is 20.5. The van der Waals surface area contributed by atoms with Crippen molar-refractivity contribution in [3.8, 4) is 0 Å². The van der Waals surface area contributed by atoms with Gasteiger partial charge in [-0.2, -0.15) is 30.0 Å². The predicted octanol–water partition coefficient (Wildman–Crippen LogP) is 3.76. The van der Waals surface area contributed by atoms with Gasteiger partial charge in [0.25, 0.3) is 11.5 Å². The Balaban J connectivity index is 1.42. The minimum Gasteiger partial charge on any atom is -0.339 e. The van der Waals surface area contributed by atoms with E-state index in [2.05, 4.69) is 15.2 Å². The van der Waals surface area contributed by atoms with Gasteiger partial charge in [-0.3, -0.25) is 23.8 Å². The SMILES string of the molecule is CN(C(=O)c1c[nH]nc1C(F)(F)F)C1CCC(n2c(=O)c3cc(F)cnc3n(C3CCSCC3)c2=O)CC1. The highest BCUT2D eigenvalue weighted by Crippen LogP contribution is 2.34. The molecule has 3 aromatic rings. The third-order valence-corrected chi connectivity index (χ3v) is 8.57. The highest BCUT2D eigenvalue weighted by Gasteiger charge is 2.40. The van der Waals surface area contributed by atoms with E-state index < -0.39 is 46.4 Å². The Bertz CT molecular complexity index is 1470. The van der Waals surface area contributed by atoms with E-state index in [0.29, 0.717) is 25.7 Å². The van der Waals surface area contributed by atoms with Crippen LogP contribution in [0.5, 0.6) is 0 Å². The van der Waals surface area contributed by atoms with Crippen LogP contribution in [-0.2, 0) is 6.18 Å². The molecule has 1 amide bonds. The van der Waals surface area contributed by atoms with Gasteiger partial charge in [0.1, 0.15) is 11.5 Å². The van der Waals surface area contributed by atoms with Crippen LogP contribution >= 0.6 is 11.8 Å². The monoisotopic (exact) mass is 554 g/mol. The average molecular weight is 555 g/mol. The first-order valence-electron chi connectivity index (χ1n) is 12.4. The number of carbonyl (C=O) groups excluding carboxylic acids is 1. The number of rotatable bonds is 4. The molecule has 1 aliphatic heterocycles. The van der Waals surface area contributed by atoms with E-state index in [9.17, 15) is 31.9 Å². The van der Waals surface area contributed by atoms with Gasteiger partial charge in [0.2, 0.25) is 0 Å². The maximum absolute atomic E-state index is 14.1. The van der Waals surface area contributed by atoms with E-state index in [1.165, 1.54) is 21.1 Å². The summed E-state index contributed by atoms with van der Waals surface area (Å²) in [6, 6.07) is 0.0680. The van der Waals surface area contributed by atoms with Crippen LogP contribution in [0.3, 0.4) is 0 Å². The van der Waals surface area contributed by atoms with Crippen LogP contribution in [-0.4, -0.2) is 59.7 Å². The van der Waals surface area contributed by atoms with Crippen LogP contribution in [0.15, 0.2) is 28.0 Å². The molecule has 0 unspecified atom stereocenters. The quantitative estimate of drug-likeness (QED) is 0.493. The number of H-pyrrole nitrogens is 1. The van der Waals surface area contributed by atoms with Gasteiger partial charge in [0, 0.05) is 31.4 Å². The van der Waals surface area contributed by atoms with Gasteiger partial charge in [-0.1, -0.05) is 0 Å². The van der Waals surface area contributed by atoms with Crippen molar-refractivity contribution in [2.24, 2.45) is 0 Å². The van der Waals surface area contributed by atoms with Crippen LogP contribution < -0.4 is 11.2 Å². The molecule has 2 aliphatic rings. The van der Waals surface area contributed by atoms with Crippen molar-refractivity contribution in [1.82, 2.24) is 29.2 Å². The standard InChI is InChI=1S/C24H26F4N6O3S/c1-32(21(35)18-12-30-31-19(18)24(26,27)28)14-2-4-15(5-3-14)34-22(36)17-10-13(25)11-29-20(17)33(23(34)37)16-6-8-38-9-7-16/h10-12,14-16H,2-9H2,1H3,(H,30,31). The summed E-state index contributed by atoms with van der Waals surface area (Å²) in [6.07, 6.45) is 0.0622. The summed E-state index contributed by atoms with van der Waals surface area (Å²) in [5.41, 5.74) is -2.75. The number of alkyl halides is 3. The summed E-state index contributed by atoms with van der Waals surface area (Å²) in [6.45, 7) is 0. The number of carbonyl (C=O) groups is 1. The van der Waals surface area contributed by atoms with E-state index >= 15 is 0 Å². The molecule has 1 saturated carbocycles. The average Bonchev–Trinajstić information content (AvgIpc) is 3.40. The molecule has 3 aromatic heterocycles. The first kappa shape index (κ1) is 26.4. The zero-order valence-corrected chi connectivity index (χ0v) is 21.3. The van der Waals surface area contributed by atoms with E-state index in [1.54, 1.807) is 11.8 Å². The fourth-order valence-corrected chi connectivity index (χ4v) is 6.61. The van der Waals surface area contributed by atoms with Crippen LogP contribution in [0, 0.1) is 5.82 Å². The molecular formula is C24H26F4N6O3S. The van der Waals surface area contributed by atoms with Crippen molar-refractivity contribution in [3.05, 3.63) is 56.4 Å². The lowest BCUT2D eigenvalue weighted by molar-refractivity contribution is -0.141. The lowest BCUT2D eigenvalue weighted by Gasteiger charge is -2.35. The van der Waals surface area contributed by atoms with Gasteiger partial charge in [0.15, 0.2) is 5.69 Å². The normalized spacial score (nSPS) is 21.1. The van der Waals surface area contributed by atoms with Crippen LogP contribution in [0.2, 0.25) is 0 Å². The summed E-state index contributed by atoms with van der Waals surface area (Å²) in [4.78, 5) is 45.3. The van der Waals surface area contributed by atoms with Crippen LogP contribution in [0.4, 0.5) is 17.6 Å². The second-order valence-corrected chi connectivity index (χ2v) is 10.9. The minimum atomic E-state index is -4.77. The third-order valence-electron chi connectivity index (χ3n) is 7.52. The molecule has 1 aliphatic carbocycles. The lowest BCUT2D eigenvalue weighted by Crippen LogP contribution is -2.47. The van der Waals surface area contributed by atoms with Crippen LogP contribution in [0.25, 0.3) is 11.0 Å². The molecule has 0 spiro atoms. The number of nitrogens with one attached hydrogen (secondary N) is 1. The fraction of sp³-hybridized carbons (Fsp3) is 0.542. The highest BCUT2D eigenvalue weighted by atomic mass is 32.2. The van der Waals surface area contributed by atoms with Crippen molar-refractivity contribution in [2.45, 2.75) is 62.8 Å². The molecule has 14 heteroatoms. The number of pyridine rings is 1. The van der Waals surface area contributed by atoms with E-state index in [-0.39, 0.29) is 23.1 Å². The van der Waals surface area contributed by atoms with Gasteiger partial charge in [0.05, 0.1) is 17.1 Å². The first-order chi connectivity index (χ1) is 18.1. The Morgan fingerprint density at radius 3 is 2.39 bits per heavy atom. The summed E-state index contributed by atoms with van der Waals surface area (Å²) in [7, 11) is 1.44. The lowest BCUT2D eigenvalue weighted by atomic mass is 9.89. The maximum atomic E-state index is 14.1. The Hall–Kier alpha value is -3.16. The van der Waals surface area contributed by atoms with Gasteiger partial charge >= 0.3 is 11.9 Å². The molecule has 9 nitrogen and oxygen atoms in total. The van der Waals surface area contributed by atoms with Crippen molar-refractivity contribution in [3.63, 3.8) is 0 Å². The molecular weight excluding hydrogens is 528 g/mol. The van der Waals surface area contributed by atoms with Gasteiger partial charge in [-0.05, 0) is 56.1 Å². The number of amides is 1. The molecule has 5 rings (SSSR count). The van der Waals surface area contributed by atoms with Gasteiger partial charge in [-0.15, -0.1) is 0 Å². The third kappa shape index (κ3) is 4.74. The second kappa shape index (κ2) is 10.2. The molecule has 0 aromatic carbocycles. The number of thioether (sulfide) groups is 1. The Labute approximate surface area is 218 Å². The number of aromatic amines is 1. The maximum Gasteiger partial charge on any atom is 0.435 e. The zero-order chi connectivity index (χ0) is 27.2. The number of nitrogens with zero attached hydrogens (tertiary/aromatic N) is 5. The number of hydrogen-bond acceptors (Lipinski definition) is 6. The molecule has 0 bridgehead atoms. The molecule has 0 atom stereocenters. The predicted molar refractivity (Wildman–Crippen MR) is 133 cm³/mol. The molecule has 1 N–H and O–H groups in total. The molecule has 204 valence electrons. The largest absolute Gasteiger partial charge is 0.435 e. The highest BCUT2D eigenvalue weighted by molar-refractivity contribution is 7.99. The smallest absolute Gasteiger partial charge is 0.339 e. The Morgan fingerprint density at radius 2 is 1.74 bits per heavy atom. The number of aromatic nitrogens is 5. The van der Waals surface area contributed by atoms with E-state index in [4.69, 9.17) is 0 Å². The minimum absolute atomic E-state index is 0.0388. The number of fused-ring (bicyclic) bond motifs is 1. The Morgan fingerprint density at radius 1 is 1.08 bits per heavy atom. The number of hydrogen-bond donors (Lipinski definition) is 1. The first-order valence-corrected chi connectivity index (χ1v) is 13.5. The van der Waals surface area contributed by atoms with Crippen molar-refractivity contribution < 1.29 is 22.4 Å². The molecule has 0 radical (unpaired) electrons. The van der Waals surface area contributed by atoms with E-state index in [1.807, 2.05) is 0 Å². The summed E-state index contributed by atoms with van der Waals surface area (Å²) >= 11 is 1.78. The fourth-order valence-electron chi connectivity index (χ4n) is 5.53. The molecule has 4 heterocycles. The van der Waals surface area contributed by atoms with Crippen LogP contribution in [0.1, 0.15) is 66.7 Å². The molecule has 1 saturated heterocycles. The van der Waals surface area contributed by atoms with E-state index in [0.717, 1.165) is 42.8 Å². The van der Waals surface area contributed by atoms with Crippen molar-refractivity contribution >= 4 is 28.7 Å². The van der Waals surface area contributed by atoms with Crippen molar-refractivity contribution in [2.75, 3.05) is 18.6 Å². The Kier molecular flexibility index (Phi) is 7.09. The second-order valence-electron chi connectivity index (χ2n) is 9.72. The topological polar surface area (TPSA) is 106 Å². The van der Waals surface area contributed by atoms with Gasteiger partial charge in [-0.25, -0.2) is 14.2 Å². The molecule has 2 fully saturated rings. The summed E-state index contributed by atoms with van der Waals surface area (Å²) in [5, 5.41) is 5.33. The van der Waals surface area contributed by atoms with Crippen molar-refractivity contribution in [1.29, 1.82) is 0 Å².